The van der Waals surface area contributed by atoms with Gasteiger partial charge < -0.3 is 4.90 Å². The molecule has 3 nitrogen and oxygen atoms in total. The lowest BCUT2D eigenvalue weighted by atomic mass is 10.1. The molecule has 17 heavy (non-hydrogen) atoms. The van der Waals surface area contributed by atoms with E-state index in [0.29, 0.717) is 5.56 Å². The summed E-state index contributed by atoms with van der Waals surface area (Å²) >= 11 is 0. The van der Waals surface area contributed by atoms with Gasteiger partial charge in [-0.1, -0.05) is 12.1 Å². The van der Waals surface area contributed by atoms with E-state index < -0.39 is 6.04 Å². The minimum absolute atomic E-state index is 0.308. The van der Waals surface area contributed by atoms with Gasteiger partial charge in [-0.15, -0.1) is 0 Å². The maximum Gasteiger partial charge on any atom is 0.123 e. The van der Waals surface area contributed by atoms with Crippen LogP contribution in [0, 0.1) is 17.1 Å². The van der Waals surface area contributed by atoms with E-state index in [2.05, 4.69) is 16.3 Å². The number of hydrogen-bond acceptors (Lipinski definition) is 3. The Morgan fingerprint density at radius 3 is 2.82 bits per heavy atom. The molecule has 0 saturated heterocycles. The lowest BCUT2D eigenvalue weighted by molar-refractivity contribution is 0.392. The minimum Gasteiger partial charge on any atom is -0.309 e. The van der Waals surface area contributed by atoms with Crippen LogP contribution in [0.5, 0.6) is 0 Å². The van der Waals surface area contributed by atoms with Gasteiger partial charge in [0.15, 0.2) is 0 Å². The maximum atomic E-state index is 13.0. The molecule has 0 aliphatic rings. The van der Waals surface area contributed by atoms with Gasteiger partial charge in [-0.2, -0.15) is 5.26 Å². The summed E-state index contributed by atoms with van der Waals surface area (Å²) in [6.45, 7) is 1.71. The average Bonchev–Trinajstić information content (AvgIpc) is 2.29. The second kappa shape index (κ2) is 7.00. The molecule has 0 spiro atoms. The minimum atomic E-state index is -0.437. The molecule has 92 valence electrons. The van der Waals surface area contributed by atoms with Crippen molar-refractivity contribution in [3.8, 4) is 6.07 Å². The number of nitrogens with one attached hydrogen (secondary N) is 1. The van der Waals surface area contributed by atoms with Gasteiger partial charge in [0.25, 0.3) is 0 Å². The van der Waals surface area contributed by atoms with Gasteiger partial charge in [-0.05, 0) is 51.3 Å². The number of nitrogens with zero attached hydrogens (tertiary/aromatic N) is 2. The Kier molecular flexibility index (Phi) is 5.61. The molecule has 0 aromatic heterocycles. The normalized spacial score (nSPS) is 12.4. The molecule has 1 N–H and O–H groups in total. The van der Waals surface area contributed by atoms with Crippen molar-refractivity contribution in [1.82, 2.24) is 10.2 Å². The molecule has 1 atom stereocenters. The summed E-state index contributed by atoms with van der Waals surface area (Å²) < 4.78 is 13.0. The Balaban J connectivity index is 2.47. The largest absolute Gasteiger partial charge is 0.309 e. The molecule has 1 aromatic carbocycles. The third-order valence-corrected chi connectivity index (χ3v) is 2.44. The first-order valence-electron chi connectivity index (χ1n) is 5.66. The topological polar surface area (TPSA) is 39.1 Å². The number of benzene rings is 1. The zero-order valence-corrected chi connectivity index (χ0v) is 10.3. The lowest BCUT2D eigenvalue weighted by Gasteiger charge is -2.13. The molecule has 0 aliphatic heterocycles. The van der Waals surface area contributed by atoms with E-state index in [1.54, 1.807) is 12.1 Å². The van der Waals surface area contributed by atoms with Gasteiger partial charge in [-0.25, -0.2) is 4.39 Å². The van der Waals surface area contributed by atoms with Gasteiger partial charge >= 0.3 is 0 Å². The highest BCUT2D eigenvalue weighted by Gasteiger charge is 2.09. The molecular weight excluding hydrogens is 217 g/mol. The first kappa shape index (κ1) is 13.6. The number of nitriles is 1. The van der Waals surface area contributed by atoms with Crippen LogP contribution in [-0.4, -0.2) is 32.1 Å². The van der Waals surface area contributed by atoms with E-state index in [9.17, 15) is 4.39 Å². The van der Waals surface area contributed by atoms with Crippen LogP contribution >= 0.6 is 0 Å². The molecule has 0 heterocycles. The monoisotopic (exact) mass is 235 g/mol. The van der Waals surface area contributed by atoms with Crippen molar-refractivity contribution in [2.75, 3.05) is 27.2 Å². The van der Waals surface area contributed by atoms with Crippen LogP contribution in [0.4, 0.5) is 4.39 Å². The van der Waals surface area contributed by atoms with Crippen LogP contribution in [0.25, 0.3) is 0 Å². The van der Waals surface area contributed by atoms with Gasteiger partial charge in [0.05, 0.1) is 6.07 Å². The fourth-order valence-electron chi connectivity index (χ4n) is 1.57. The number of rotatable bonds is 6. The molecule has 0 bridgehead atoms. The Morgan fingerprint density at radius 2 is 2.24 bits per heavy atom. The van der Waals surface area contributed by atoms with Gasteiger partial charge in [0.2, 0.25) is 0 Å². The van der Waals surface area contributed by atoms with Gasteiger partial charge in [-0.3, -0.25) is 5.32 Å². The lowest BCUT2D eigenvalue weighted by Crippen LogP contribution is -2.24. The molecular formula is C13H18FN3. The summed E-state index contributed by atoms with van der Waals surface area (Å²) in [5.41, 5.74) is 0.678. The second-order valence-electron chi connectivity index (χ2n) is 4.23. The highest BCUT2D eigenvalue weighted by atomic mass is 19.1. The van der Waals surface area contributed by atoms with Crippen molar-refractivity contribution in [3.05, 3.63) is 35.6 Å². The zero-order valence-electron chi connectivity index (χ0n) is 10.3. The maximum absolute atomic E-state index is 13.0. The SMILES string of the molecule is CN(C)CCCNC(C#N)c1cccc(F)c1. The van der Waals surface area contributed by atoms with E-state index in [-0.39, 0.29) is 5.82 Å². The highest BCUT2D eigenvalue weighted by molar-refractivity contribution is 5.24. The molecule has 1 unspecified atom stereocenters. The van der Waals surface area contributed by atoms with E-state index in [1.165, 1.54) is 12.1 Å². The number of hydrogen-bond donors (Lipinski definition) is 1. The summed E-state index contributed by atoms with van der Waals surface area (Å²) in [4.78, 5) is 2.09. The number of halogens is 1. The Hall–Kier alpha value is -1.44. The zero-order chi connectivity index (χ0) is 12.7. The van der Waals surface area contributed by atoms with Crippen LogP contribution in [0.3, 0.4) is 0 Å². The predicted molar refractivity (Wildman–Crippen MR) is 65.9 cm³/mol. The average molecular weight is 235 g/mol. The third kappa shape index (κ3) is 4.94. The molecule has 1 rings (SSSR count). The Labute approximate surface area is 102 Å². The van der Waals surface area contributed by atoms with Crippen LogP contribution in [-0.2, 0) is 0 Å². The first-order valence-corrected chi connectivity index (χ1v) is 5.66. The Morgan fingerprint density at radius 1 is 1.47 bits per heavy atom. The standard InChI is InChI=1S/C13H18FN3/c1-17(2)8-4-7-16-13(10-15)11-5-3-6-12(14)9-11/h3,5-6,9,13,16H,4,7-8H2,1-2H3. The molecule has 1 aromatic rings. The molecule has 0 fully saturated rings. The molecule has 0 aliphatic carbocycles. The first-order chi connectivity index (χ1) is 8.13. The van der Waals surface area contributed by atoms with Crippen molar-refractivity contribution in [3.63, 3.8) is 0 Å². The third-order valence-electron chi connectivity index (χ3n) is 2.44. The van der Waals surface area contributed by atoms with Crippen molar-refractivity contribution < 1.29 is 4.39 Å². The second-order valence-corrected chi connectivity index (χ2v) is 4.23. The summed E-state index contributed by atoms with van der Waals surface area (Å²) in [6, 6.07) is 7.86. The van der Waals surface area contributed by atoms with Gasteiger partial charge in [0, 0.05) is 0 Å². The van der Waals surface area contributed by atoms with E-state index in [0.717, 1.165) is 19.5 Å². The molecule has 0 amide bonds. The molecule has 4 heteroatoms. The fraction of sp³-hybridized carbons (Fsp3) is 0.462. The quantitative estimate of drug-likeness (QED) is 0.766. The van der Waals surface area contributed by atoms with Crippen LogP contribution in [0.15, 0.2) is 24.3 Å². The van der Waals surface area contributed by atoms with Crippen molar-refractivity contribution in [2.45, 2.75) is 12.5 Å². The summed E-state index contributed by atoms with van der Waals surface area (Å²) in [7, 11) is 4.02. The van der Waals surface area contributed by atoms with Crippen molar-refractivity contribution >= 4 is 0 Å². The predicted octanol–water partition coefficient (Wildman–Crippen LogP) is 1.93. The van der Waals surface area contributed by atoms with Crippen LogP contribution in [0.2, 0.25) is 0 Å². The van der Waals surface area contributed by atoms with E-state index >= 15 is 0 Å². The Bertz CT molecular complexity index is 384. The van der Waals surface area contributed by atoms with Crippen LogP contribution < -0.4 is 5.32 Å². The molecule has 0 saturated carbocycles. The van der Waals surface area contributed by atoms with E-state index in [1.807, 2.05) is 14.1 Å². The smallest absolute Gasteiger partial charge is 0.123 e. The molecule has 0 radical (unpaired) electrons. The summed E-state index contributed by atoms with van der Waals surface area (Å²) in [6.07, 6.45) is 0.959. The van der Waals surface area contributed by atoms with Gasteiger partial charge in [0.1, 0.15) is 11.9 Å². The fourth-order valence-corrected chi connectivity index (χ4v) is 1.57. The summed E-state index contributed by atoms with van der Waals surface area (Å²) in [5.74, 6) is -0.308. The highest BCUT2D eigenvalue weighted by Crippen LogP contribution is 2.13. The summed E-state index contributed by atoms with van der Waals surface area (Å²) in [5, 5.41) is 12.1. The van der Waals surface area contributed by atoms with Crippen LogP contribution in [0.1, 0.15) is 18.0 Å². The van der Waals surface area contributed by atoms with Crippen molar-refractivity contribution in [1.29, 1.82) is 5.26 Å². The van der Waals surface area contributed by atoms with Crippen molar-refractivity contribution in [2.24, 2.45) is 0 Å². The van der Waals surface area contributed by atoms with E-state index in [4.69, 9.17) is 5.26 Å².